The first-order chi connectivity index (χ1) is 9.69. The smallest absolute Gasteiger partial charge is 0.169 e. The SMILES string of the molecule is CCCNC(=S)N1CCN(Cc2cccc(F)c2)CC1. The van der Waals surface area contributed by atoms with Gasteiger partial charge in [-0.25, -0.2) is 4.39 Å². The monoisotopic (exact) mass is 295 g/mol. The lowest BCUT2D eigenvalue weighted by Crippen LogP contribution is -2.51. The first-order valence-corrected chi connectivity index (χ1v) is 7.59. The molecule has 1 aromatic rings. The molecule has 5 heteroatoms. The van der Waals surface area contributed by atoms with Gasteiger partial charge in [0.1, 0.15) is 5.82 Å². The van der Waals surface area contributed by atoms with Crippen LogP contribution in [-0.2, 0) is 6.54 Å². The van der Waals surface area contributed by atoms with Crippen LogP contribution in [0.5, 0.6) is 0 Å². The lowest BCUT2D eigenvalue weighted by molar-refractivity contribution is 0.174. The van der Waals surface area contributed by atoms with Gasteiger partial charge in [0.05, 0.1) is 0 Å². The molecule has 20 heavy (non-hydrogen) atoms. The lowest BCUT2D eigenvalue weighted by Gasteiger charge is -2.36. The highest BCUT2D eigenvalue weighted by atomic mass is 32.1. The van der Waals surface area contributed by atoms with E-state index in [9.17, 15) is 4.39 Å². The van der Waals surface area contributed by atoms with E-state index >= 15 is 0 Å². The molecule has 110 valence electrons. The van der Waals surface area contributed by atoms with Gasteiger partial charge in [0, 0.05) is 39.3 Å². The maximum atomic E-state index is 13.2. The van der Waals surface area contributed by atoms with Crippen LogP contribution in [0.1, 0.15) is 18.9 Å². The largest absolute Gasteiger partial charge is 0.363 e. The van der Waals surface area contributed by atoms with Crippen LogP contribution in [0.3, 0.4) is 0 Å². The van der Waals surface area contributed by atoms with Gasteiger partial charge in [-0.15, -0.1) is 0 Å². The number of hydrogen-bond donors (Lipinski definition) is 1. The summed E-state index contributed by atoms with van der Waals surface area (Å²) in [6, 6.07) is 6.84. The molecule has 1 aliphatic rings. The van der Waals surface area contributed by atoms with Crippen molar-refractivity contribution < 1.29 is 4.39 Å². The molecule has 1 heterocycles. The Bertz CT molecular complexity index is 444. The van der Waals surface area contributed by atoms with E-state index in [4.69, 9.17) is 12.2 Å². The van der Waals surface area contributed by atoms with Crippen LogP contribution in [-0.4, -0.2) is 47.6 Å². The second kappa shape index (κ2) is 7.55. The van der Waals surface area contributed by atoms with Gasteiger partial charge in [0.25, 0.3) is 0 Å². The quantitative estimate of drug-likeness (QED) is 0.858. The van der Waals surface area contributed by atoms with Gasteiger partial charge in [-0.05, 0) is 36.3 Å². The summed E-state index contributed by atoms with van der Waals surface area (Å²) in [5.41, 5.74) is 1.03. The first kappa shape index (κ1) is 15.2. The fraction of sp³-hybridized carbons (Fsp3) is 0.533. The minimum atomic E-state index is -0.161. The Kier molecular flexibility index (Phi) is 5.73. The van der Waals surface area contributed by atoms with E-state index in [1.165, 1.54) is 6.07 Å². The third kappa shape index (κ3) is 4.42. The minimum absolute atomic E-state index is 0.161. The molecule has 0 amide bonds. The molecule has 1 aliphatic heterocycles. The molecule has 0 bridgehead atoms. The molecule has 2 rings (SSSR count). The summed E-state index contributed by atoms with van der Waals surface area (Å²) in [6.45, 7) is 7.67. The zero-order valence-corrected chi connectivity index (χ0v) is 12.8. The van der Waals surface area contributed by atoms with Crippen LogP contribution in [0.2, 0.25) is 0 Å². The number of nitrogens with zero attached hydrogens (tertiary/aromatic N) is 2. The van der Waals surface area contributed by atoms with Crippen LogP contribution in [0, 0.1) is 5.82 Å². The number of piperazine rings is 1. The molecular formula is C15H22FN3S. The van der Waals surface area contributed by atoms with Crippen molar-refractivity contribution in [2.45, 2.75) is 19.9 Å². The fourth-order valence-corrected chi connectivity index (χ4v) is 2.63. The van der Waals surface area contributed by atoms with Crippen molar-refractivity contribution >= 4 is 17.3 Å². The van der Waals surface area contributed by atoms with E-state index < -0.39 is 0 Å². The molecule has 3 nitrogen and oxygen atoms in total. The maximum absolute atomic E-state index is 13.2. The summed E-state index contributed by atoms with van der Waals surface area (Å²) in [6.07, 6.45) is 1.08. The minimum Gasteiger partial charge on any atom is -0.363 e. The van der Waals surface area contributed by atoms with Crippen LogP contribution < -0.4 is 5.32 Å². The number of halogens is 1. The van der Waals surface area contributed by atoms with Crippen LogP contribution in [0.4, 0.5) is 4.39 Å². The lowest BCUT2D eigenvalue weighted by atomic mass is 10.2. The van der Waals surface area contributed by atoms with Gasteiger partial charge < -0.3 is 10.2 Å². The number of hydrogen-bond acceptors (Lipinski definition) is 2. The number of thiocarbonyl (C=S) groups is 1. The van der Waals surface area contributed by atoms with E-state index in [0.29, 0.717) is 0 Å². The summed E-state index contributed by atoms with van der Waals surface area (Å²) >= 11 is 5.37. The topological polar surface area (TPSA) is 18.5 Å². The Balaban J connectivity index is 1.78. The van der Waals surface area contributed by atoms with E-state index in [2.05, 4.69) is 22.0 Å². The Labute approximate surface area is 125 Å². The molecule has 0 aliphatic carbocycles. The zero-order valence-electron chi connectivity index (χ0n) is 11.9. The van der Waals surface area contributed by atoms with Crippen LogP contribution in [0.15, 0.2) is 24.3 Å². The van der Waals surface area contributed by atoms with Gasteiger partial charge in [0.15, 0.2) is 5.11 Å². The standard InChI is InChI=1S/C15H22FN3S/c1-2-6-17-15(20)19-9-7-18(8-10-19)12-13-4-3-5-14(16)11-13/h3-5,11H,2,6-10,12H2,1H3,(H,17,20). The third-order valence-corrected chi connectivity index (χ3v) is 3.88. The summed E-state index contributed by atoms with van der Waals surface area (Å²) in [5.74, 6) is -0.161. The molecule has 0 radical (unpaired) electrons. The molecular weight excluding hydrogens is 273 g/mol. The van der Waals surface area contributed by atoms with E-state index in [1.807, 2.05) is 6.07 Å². The average molecular weight is 295 g/mol. The molecule has 0 spiro atoms. The van der Waals surface area contributed by atoms with Crippen molar-refractivity contribution in [2.75, 3.05) is 32.7 Å². The summed E-state index contributed by atoms with van der Waals surface area (Å²) in [5, 5.41) is 4.12. The van der Waals surface area contributed by atoms with Crippen molar-refractivity contribution in [3.05, 3.63) is 35.6 Å². The number of rotatable bonds is 4. The zero-order chi connectivity index (χ0) is 14.4. The van der Waals surface area contributed by atoms with Crippen molar-refractivity contribution in [1.82, 2.24) is 15.1 Å². The van der Waals surface area contributed by atoms with E-state index in [0.717, 1.165) is 56.4 Å². The van der Waals surface area contributed by atoms with Crippen LogP contribution in [0.25, 0.3) is 0 Å². The average Bonchev–Trinajstić information content (AvgIpc) is 2.45. The van der Waals surface area contributed by atoms with Crippen molar-refractivity contribution in [3.63, 3.8) is 0 Å². The summed E-state index contributed by atoms with van der Waals surface area (Å²) in [4.78, 5) is 4.56. The van der Waals surface area contributed by atoms with E-state index in [1.54, 1.807) is 12.1 Å². The highest BCUT2D eigenvalue weighted by Crippen LogP contribution is 2.10. The normalized spacial score (nSPS) is 16.2. The van der Waals surface area contributed by atoms with E-state index in [-0.39, 0.29) is 5.82 Å². The molecule has 0 saturated carbocycles. The molecule has 1 N–H and O–H groups in total. The second-order valence-corrected chi connectivity index (χ2v) is 5.51. The number of nitrogens with one attached hydrogen (secondary N) is 1. The summed E-state index contributed by atoms with van der Waals surface area (Å²) < 4.78 is 13.2. The van der Waals surface area contributed by atoms with Crippen molar-refractivity contribution in [1.29, 1.82) is 0 Å². The Morgan fingerprint density at radius 2 is 2.05 bits per heavy atom. The maximum Gasteiger partial charge on any atom is 0.169 e. The van der Waals surface area contributed by atoms with Crippen molar-refractivity contribution in [2.24, 2.45) is 0 Å². The predicted molar refractivity (Wildman–Crippen MR) is 84.1 cm³/mol. The molecule has 0 aromatic heterocycles. The van der Waals surface area contributed by atoms with Gasteiger partial charge >= 0.3 is 0 Å². The molecule has 1 fully saturated rings. The molecule has 1 saturated heterocycles. The first-order valence-electron chi connectivity index (χ1n) is 7.18. The molecule has 0 unspecified atom stereocenters. The highest BCUT2D eigenvalue weighted by molar-refractivity contribution is 7.80. The fourth-order valence-electron chi connectivity index (χ4n) is 2.35. The number of benzene rings is 1. The third-order valence-electron chi connectivity index (χ3n) is 3.48. The molecule has 0 atom stereocenters. The molecule has 1 aromatic carbocycles. The highest BCUT2D eigenvalue weighted by Gasteiger charge is 2.18. The van der Waals surface area contributed by atoms with Gasteiger partial charge in [-0.3, -0.25) is 4.90 Å². The van der Waals surface area contributed by atoms with Gasteiger partial charge in [0.2, 0.25) is 0 Å². The Hall–Kier alpha value is -1.20. The Morgan fingerprint density at radius 1 is 1.30 bits per heavy atom. The van der Waals surface area contributed by atoms with Crippen LogP contribution >= 0.6 is 12.2 Å². The van der Waals surface area contributed by atoms with Crippen molar-refractivity contribution in [3.8, 4) is 0 Å². The van der Waals surface area contributed by atoms with Gasteiger partial charge in [-0.1, -0.05) is 19.1 Å². The predicted octanol–water partition coefficient (Wildman–Crippen LogP) is 2.23. The second-order valence-electron chi connectivity index (χ2n) is 5.13. The summed E-state index contributed by atoms with van der Waals surface area (Å²) in [7, 11) is 0. The van der Waals surface area contributed by atoms with Gasteiger partial charge in [-0.2, -0.15) is 0 Å². The Morgan fingerprint density at radius 3 is 2.70 bits per heavy atom.